The maximum absolute atomic E-state index is 11.5. The van der Waals surface area contributed by atoms with E-state index < -0.39 is 0 Å². The van der Waals surface area contributed by atoms with Gasteiger partial charge in [0, 0.05) is 5.92 Å². The van der Waals surface area contributed by atoms with E-state index in [0.29, 0.717) is 22.7 Å². The molecule has 0 amide bonds. The molecule has 0 aliphatic heterocycles. The third-order valence-corrected chi connectivity index (χ3v) is 6.36. The van der Waals surface area contributed by atoms with Crippen LogP contribution >= 0.6 is 0 Å². The van der Waals surface area contributed by atoms with Gasteiger partial charge in [-0.3, -0.25) is 0 Å². The van der Waals surface area contributed by atoms with Gasteiger partial charge in [-0.25, -0.2) is 0 Å². The molecule has 0 aromatic carbocycles. The molecule has 0 aromatic heterocycles. The smallest absolute Gasteiger partial charge is 0.123 e. The van der Waals surface area contributed by atoms with Crippen molar-refractivity contribution in [1.29, 1.82) is 0 Å². The molecular formula is C15H24O. The van der Waals surface area contributed by atoms with Crippen LogP contribution in [0.1, 0.15) is 52.9 Å². The zero-order valence-corrected chi connectivity index (χ0v) is 10.8. The molecule has 0 N–H and O–H groups in total. The van der Waals surface area contributed by atoms with Gasteiger partial charge in [-0.2, -0.15) is 0 Å². The number of carbonyl (C=O) groups excluding carboxylic acids is 1. The monoisotopic (exact) mass is 220 g/mol. The van der Waals surface area contributed by atoms with E-state index in [-0.39, 0.29) is 0 Å². The van der Waals surface area contributed by atoms with Crippen LogP contribution in [0.5, 0.6) is 0 Å². The Morgan fingerprint density at radius 3 is 2.56 bits per heavy atom. The van der Waals surface area contributed by atoms with Crippen molar-refractivity contribution in [3.63, 3.8) is 0 Å². The van der Waals surface area contributed by atoms with Crippen molar-refractivity contribution in [3.8, 4) is 0 Å². The molecule has 3 saturated carbocycles. The first-order valence-electron chi connectivity index (χ1n) is 6.96. The van der Waals surface area contributed by atoms with Gasteiger partial charge in [-0.05, 0) is 54.3 Å². The van der Waals surface area contributed by atoms with Gasteiger partial charge in [0.15, 0.2) is 0 Å². The molecule has 0 heterocycles. The van der Waals surface area contributed by atoms with Crippen LogP contribution in [0, 0.1) is 34.5 Å². The number of hydrogen-bond acceptors (Lipinski definition) is 1. The highest BCUT2D eigenvalue weighted by molar-refractivity contribution is 5.58. The second-order valence-corrected chi connectivity index (χ2v) is 7.38. The predicted molar refractivity (Wildman–Crippen MR) is 65.0 cm³/mol. The lowest BCUT2D eigenvalue weighted by molar-refractivity contribution is -0.117. The summed E-state index contributed by atoms with van der Waals surface area (Å²) in [7, 11) is 0. The lowest BCUT2D eigenvalue weighted by atomic mass is 9.65. The summed E-state index contributed by atoms with van der Waals surface area (Å²) in [4.78, 5) is 11.5. The second kappa shape index (κ2) is 3.11. The van der Waals surface area contributed by atoms with E-state index in [1.165, 1.54) is 38.4 Å². The Labute approximate surface area is 99.0 Å². The maximum Gasteiger partial charge on any atom is 0.123 e. The van der Waals surface area contributed by atoms with Crippen molar-refractivity contribution < 1.29 is 4.79 Å². The highest BCUT2D eigenvalue weighted by Crippen LogP contribution is 2.70. The van der Waals surface area contributed by atoms with Crippen molar-refractivity contribution in [3.05, 3.63) is 0 Å². The molecule has 0 radical (unpaired) electrons. The number of rotatable bonds is 1. The van der Waals surface area contributed by atoms with Gasteiger partial charge < -0.3 is 4.79 Å². The van der Waals surface area contributed by atoms with Gasteiger partial charge in [-0.1, -0.05) is 27.2 Å². The summed E-state index contributed by atoms with van der Waals surface area (Å²) in [5.41, 5.74) is 0.824. The van der Waals surface area contributed by atoms with Crippen LogP contribution in [0.4, 0.5) is 0 Å². The topological polar surface area (TPSA) is 17.1 Å². The average Bonchev–Trinajstić information content (AvgIpc) is 2.68. The molecule has 3 aliphatic carbocycles. The van der Waals surface area contributed by atoms with E-state index >= 15 is 0 Å². The zero-order chi connectivity index (χ0) is 11.6. The Hall–Kier alpha value is -0.330. The van der Waals surface area contributed by atoms with Gasteiger partial charge in [0.1, 0.15) is 6.29 Å². The summed E-state index contributed by atoms with van der Waals surface area (Å²) >= 11 is 0. The molecule has 0 aromatic rings. The lowest BCUT2D eigenvalue weighted by Crippen LogP contribution is -2.34. The van der Waals surface area contributed by atoms with Crippen LogP contribution in [-0.4, -0.2) is 6.29 Å². The van der Waals surface area contributed by atoms with Crippen molar-refractivity contribution in [2.24, 2.45) is 34.5 Å². The summed E-state index contributed by atoms with van der Waals surface area (Å²) in [6, 6.07) is 0. The quantitative estimate of drug-likeness (QED) is 0.616. The Morgan fingerprint density at radius 2 is 1.88 bits per heavy atom. The van der Waals surface area contributed by atoms with Crippen LogP contribution in [0.25, 0.3) is 0 Å². The van der Waals surface area contributed by atoms with Crippen molar-refractivity contribution in [2.45, 2.75) is 52.9 Å². The largest absolute Gasteiger partial charge is 0.303 e. The van der Waals surface area contributed by atoms with Crippen molar-refractivity contribution in [1.82, 2.24) is 0 Å². The Kier molecular flexibility index (Phi) is 2.10. The van der Waals surface area contributed by atoms with Gasteiger partial charge in [0.05, 0.1) is 0 Å². The zero-order valence-electron chi connectivity index (χ0n) is 10.8. The molecule has 4 bridgehead atoms. The van der Waals surface area contributed by atoms with Gasteiger partial charge in [0.2, 0.25) is 0 Å². The molecule has 1 heteroatoms. The van der Waals surface area contributed by atoms with Crippen LogP contribution in [0.15, 0.2) is 0 Å². The molecule has 1 nitrogen and oxygen atoms in total. The number of carbonyl (C=O) groups is 1. The molecule has 90 valence electrons. The summed E-state index contributed by atoms with van der Waals surface area (Å²) in [6.45, 7) is 7.30. The van der Waals surface area contributed by atoms with Crippen LogP contribution < -0.4 is 0 Å². The Bertz CT molecular complexity index is 319. The minimum absolute atomic E-state index is 0.350. The first-order chi connectivity index (χ1) is 7.50. The SMILES string of the molecule is CC1(C)CCC[C@]2(C)[C@H](C=O)[C@@H]3CC[C@@H]2[C@H]31. The predicted octanol–water partition coefficient (Wildman–Crippen LogP) is 3.67. The molecule has 0 saturated heterocycles. The lowest BCUT2D eigenvalue weighted by Gasteiger charge is -2.38. The van der Waals surface area contributed by atoms with Gasteiger partial charge in [-0.15, -0.1) is 0 Å². The van der Waals surface area contributed by atoms with Gasteiger partial charge in [0.25, 0.3) is 0 Å². The van der Waals surface area contributed by atoms with E-state index in [2.05, 4.69) is 20.8 Å². The van der Waals surface area contributed by atoms with Crippen molar-refractivity contribution in [2.75, 3.05) is 0 Å². The highest BCUT2D eigenvalue weighted by Gasteiger charge is 2.64. The highest BCUT2D eigenvalue weighted by atomic mass is 16.1. The fraction of sp³-hybridized carbons (Fsp3) is 0.933. The van der Waals surface area contributed by atoms with Crippen LogP contribution in [-0.2, 0) is 4.79 Å². The summed E-state index contributed by atoms with van der Waals surface area (Å²) < 4.78 is 0. The third-order valence-electron chi connectivity index (χ3n) is 6.36. The van der Waals surface area contributed by atoms with Crippen molar-refractivity contribution >= 4 is 6.29 Å². The van der Waals surface area contributed by atoms with Gasteiger partial charge >= 0.3 is 0 Å². The van der Waals surface area contributed by atoms with E-state index in [0.717, 1.165) is 11.8 Å². The van der Waals surface area contributed by atoms with Crippen LogP contribution in [0.2, 0.25) is 0 Å². The first kappa shape index (κ1) is 10.8. The minimum Gasteiger partial charge on any atom is -0.303 e. The molecule has 5 atom stereocenters. The number of hydrogen-bond donors (Lipinski definition) is 0. The summed E-state index contributed by atoms with van der Waals surface area (Å²) in [5.74, 6) is 2.75. The van der Waals surface area contributed by atoms with E-state index in [4.69, 9.17) is 0 Å². The Morgan fingerprint density at radius 1 is 1.12 bits per heavy atom. The van der Waals surface area contributed by atoms with Crippen LogP contribution in [0.3, 0.4) is 0 Å². The fourth-order valence-electron chi connectivity index (χ4n) is 5.73. The first-order valence-corrected chi connectivity index (χ1v) is 6.96. The summed E-state index contributed by atoms with van der Waals surface area (Å²) in [6.07, 6.45) is 7.99. The van der Waals surface area contributed by atoms with E-state index in [1.807, 2.05) is 0 Å². The normalized spacial score (nSPS) is 53.7. The molecule has 3 aliphatic rings. The average molecular weight is 220 g/mol. The van der Waals surface area contributed by atoms with E-state index in [1.54, 1.807) is 0 Å². The molecule has 0 spiro atoms. The minimum atomic E-state index is 0.350. The summed E-state index contributed by atoms with van der Waals surface area (Å²) in [5, 5.41) is 0. The molecule has 16 heavy (non-hydrogen) atoms. The fourth-order valence-corrected chi connectivity index (χ4v) is 5.73. The maximum atomic E-state index is 11.5. The standard InChI is InChI=1S/C15H24O/c1-14(2)7-4-8-15(3)11-6-5-10(13(11)14)12(15)9-16/h9-13H,4-8H2,1-3H3/t10-,11+,12+,13-,15-/m0/s1. The Balaban J connectivity index is 2.07. The molecule has 3 fully saturated rings. The molecular weight excluding hydrogens is 196 g/mol. The molecule has 0 unspecified atom stereocenters. The third kappa shape index (κ3) is 1.10. The number of aldehydes is 1. The second-order valence-electron chi connectivity index (χ2n) is 7.38. The molecule has 3 rings (SSSR count). The van der Waals surface area contributed by atoms with E-state index in [9.17, 15) is 4.79 Å².